The Bertz CT molecular complexity index is 1190. The molecule has 1 aliphatic heterocycles. The summed E-state index contributed by atoms with van der Waals surface area (Å²) in [7, 11) is -3.57. The maximum atomic E-state index is 13.2. The first-order chi connectivity index (χ1) is 16.5. The third-order valence-corrected chi connectivity index (χ3v) is 8.58. The molecular weight excluding hydrogens is 462 g/mol. The lowest BCUT2D eigenvalue weighted by atomic mass is 9.92. The number of amides is 2. The van der Waals surface area contributed by atoms with E-state index in [1.807, 2.05) is 32.9 Å². The maximum Gasteiger partial charge on any atom is 0.251 e. The zero-order chi connectivity index (χ0) is 25.2. The van der Waals surface area contributed by atoms with Crippen molar-refractivity contribution in [3.8, 4) is 0 Å². The molecule has 0 unspecified atom stereocenters. The maximum absolute atomic E-state index is 13.2. The van der Waals surface area contributed by atoms with Gasteiger partial charge in [-0.2, -0.15) is 4.31 Å². The van der Waals surface area contributed by atoms with E-state index >= 15 is 0 Å². The van der Waals surface area contributed by atoms with Gasteiger partial charge in [0.25, 0.3) is 5.91 Å². The molecule has 0 bridgehead atoms. The van der Waals surface area contributed by atoms with Gasteiger partial charge in [0.2, 0.25) is 15.9 Å². The van der Waals surface area contributed by atoms with Gasteiger partial charge in [-0.3, -0.25) is 9.59 Å². The molecule has 7 nitrogen and oxygen atoms in total. The second-order valence-electron chi connectivity index (χ2n) is 10.6. The van der Waals surface area contributed by atoms with Crippen molar-refractivity contribution in [1.29, 1.82) is 0 Å². The summed E-state index contributed by atoms with van der Waals surface area (Å²) < 4.78 is 27.9. The van der Waals surface area contributed by atoms with Crippen molar-refractivity contribution in [3.05, 3.63) is 59.2 Å². The molecule has 1 aliphatic carbocycles. The molecular formula is C27H35N3O4S. The number of sulfonamides is 1. The molecule has 1 saturated heterocycles. The number of benzene rings is 2. The van der Waals surface area contributed by atoms with Gasteiger partial charge in [-0.1, -0.05) is 6.07 Å². The lowest BCUT2D eigenvalue weighted by molar-refractivity contribution is -0.120. The Labute approximate surface area is 208 Å². The number of fused-ring (bicyclic) bond motifs is 1. The van der Waals surface area contributed by atoms with Crippen LogP contribution in [0, 0.1) is 5.92 Å². The predicted octanol–water partition coefficient (Wildman–Crippen LogP) is 4.13. The molecule has 1 fully saturated rings. The Balaban J connectivity index is 1.33. The number of carbonyl (C=O) groups excluding carboxylic acids is 2. The van der Waals surface area contributed by atoms with Crippen LogP contribution in [0.25, 0.3) is 0 Å². The first kappa shape index (κ1) is 25.4. The standard InChI is InChI=1S/C27H35N3O4S/c1-27(2,3)29-26(32)20-8-11-23(12-9-20)28-25(31)21-14-16-30(17-15-21)35(33,34)24-13-10-19-6-4-5-7-22(19)18-24/h8-13,18,21H,4-7,14-17H2,1-3H3,(H,28,31)(H,29,32). The smallest absolute Gasteiger partial charge is 0.251 e. The Morgan fingerprint density at radius 1 is 0.914 bits per heavy atom. The van der Waals surface area contributed by atoms with Gasteiger partial charge in [0.1, 0.15) is 0 Å². The molecule has 0 saturated carbocycles. The van der Waals surface area contributed by atoms with Crippen LogP contribution in [-0.2, 0) is 27.7 Å². The van der Waals surface area contributed by atoms with Crippen molar-refractivity contribution >= 4 is 27.5 Å². The van der Waals surface area contributed by atoms with Crippen LogP contribution in [0.4, 0.5) is 5.69 Å². The summed E-state index contributed by atoms with van der Waals surface area (Å²) in [5.41, 5.74) is 3.22. The van der Waals surface area contributed by atoms with Crippen molar-refractivity contribution < 1.29 is 18.0 Å². The first-order valence-corrected chi connectivity index (χ1v) is 13.8. The fraction of sp³-hybridized carbons (Fsp3) is 0.481. The summed E-state index contributed by atoms with van der Waals surface area (Å²) in [5.74, 6) is -0.542. The van der Waals surface area contributed by atoms with E-state index in [1.54, 1.807) is 30.3 Å². The minimum Gasteiger partial charge on any atom is -0.347 e. The molecule has 2 aromatic rings. The topological polar surface area (TPSA) is 95.6 Å². The second-order valence-corrected chi connectivity index (χ2v) is 12.5. The highest BCUT2D eigenvalue weighted by atomic mass is 32.2. The average molecular weight is 498 g/mol. The third-order valence-electron chi connectivity index (χ3n) is 6.69. The van der Waals surface area contributed by atoms with Gasteiger partial charge >= 0.3 is 0 Å². The van der Waals surface area contributed by atoms with E-state index < -0.39 is 10.0 Å². The van der Waals surface area contributed by atoms with Gasteiger partial charge in [0, 0.05) is 35.8 Å². The Morgan fingerprint density at radius 2 is 1.54 bits per heavy atom. The Morgan fingerprint density at radius 3 is 2.17 bits per heavy atom. The van der Waals surface area contributed by atoms with Crippen molar-refractivity contribution in [2.75, 3.05) is 18.4 Å². The summed E-state index contributed by atoms with van der Waals surface area (Å²) in [6, 6.07) is 12.3. The van der Waals surface area contributed by atoms with E-state index in [4.69, 9.17) is 0 Å². The lowest BCUT2D eigenvalue weighted by Crippen LogP contribution is -2.41. The van der Waals surface area contributed by atoms with Crippen molar-refractivity contribution in [2.24, 2.45) is 5.92 Å². The molecule has 8 heteroatoms. The number of hydrogen-bond donors (Lipinski definition) is 2. The fourth-order valence-electron chi connectivity index (χ4n) is 4.74. The minimum atomic E-state index is -3.57. The van der Waals surface area contributed by atoms with Gasteiger partial charge in [0.15, 0.2) is 0 Å². The summed E-state index contributed by atoms with van der Waals surface area (Å²) in [4.78, 5) is 25.4. The summed E-state index contributed by atoms with van der Waals surface area (Å²) >= 11 is 0. The zero-order valence-corrected chi connectivity index (χ0v) is 21.6. The van der Waals surface area contributed by atoms with E-state index in [2.05, 4.69) is 10.6 Å². The summed E-state index contributed by atoms with van der Waals surface area (Å²) in [6.07, 6.45) is 5.16. The second kappa shape index (κ2) is 10.1. The highest BCUT2D eigenvalue weighted by Crippen LogP contribution is 2.28. The van der Waals surface area contributed by atoms with E-state index in [9.17, 15) is 18.0 Å². The minimum absolute atomic E-state index is 0.122. The summed E-state index contributed by atoms with van der Waals surface area (Å²) in [5, 5.41) is 5.82. The number of hydrogen-bond acceptors (Lipinski definition) is 4. The first-order valence-electron chi connectivity index (χ1n) is 12.4. The van der Waals surface area contributed by atoms with Crippen LogP contribution in [0.1, 0.15) is 67.9 Å². The average Bonchev–Trinajstić information content (AvgIpc) is 2.83. The molecule has 2 aliphatic rings. The largest absolute Gasteiger partial charge is 0.347 e. The normalized spacial score (nSPS) is 17.5. The molecule has 0 aromatic heterocycles. The molecule has 0 atom stereocenters. The molecule has 0 radical (unpaired) electrons. The molecule has 2 aromatic carbocycles. The van der Waals surface area contributed by atoms with Crippen LogP contribution < -0.4 is 10.6 Å². The molecule has 4 rings (SSSR count). The van der Waals surface area contributed by atoms with Crippen molar-refractivity contribution in [1.82, 2.24) is 9.62 Å². The van der Waals surface area contributed by atoms with E-state index in [0.29, 0.717) is 42.1 Å². The molecule has 2 N–H and O–H groups in total. The monoisotopic (exact) mass is 497 g/mol. The highest BCUT2D eigenvalue weighted by Gasteiger charge is 2.32. The number of rotatable bonds is 5. The molecule has 188 valence electrons. The van der Waals surface area contributed by atoms with E-state index in [-0.39, 0.29) is 23.3 Å². The highest BCUT2D eigenvalue weighted by molar-refractivity contribution is 7.89. The van der Waals surface area contributed by atoms with Crippen molar-refractivity contribution in [2.45, 2.75) is 69.7 Å². The van der Waals surface area contributed by atoms with Crippen LogP contribution in [0.15, 0.2) is 47.4 Å². The molecule has 2 amide bonds. The van der Waals surface area contributed by atoms with Crippen molar-refractivity contribution in [3.63, 3.8) is 0 Å². The third kappa shape index (κ3) is 6.11. The van der Waals surface area contributed by atoms with Gasteiger partial charge in [-0.15, -0.1) is 0 Å². The van der Waals surface area contributed by atoms with E-state index in [1.165, 1.54) is 9.87 Å². The number of piperidine rings is 1. The fourth-order valence-corrected chi connectivity index (χ4v) is 6.26. The Hall–Kier alpha value is -2.71. The number of aryl methyl sites for hydroxylation is 2. The number of anilines is 1. The molecule has 0 spiro atoms. The van der Waals surface area contributed by atoms with Crippen LogP contribution in [0.5, 0.6) is 0 Å². The Kier molecular flexibility index (Phi) is 7.33. The van der Waals surface area contributed by atoms with Gasteiger partial charge in [-0.25, -0.2) is 8.42 Å². The van der Waals surface area contributed by atoms with Crippen LogP contribution >= 0.6 is 0 Å². The van der Waals surface area contributed by atoms with E-state index in [0.717, 1.165) is 31.2 Å². The number of nitrogens with one attached hydrogen (secondary N) is 2. The number of nitrogens with zero attached hydrogens (tertiary/aromatic N) is 1. The van der Waals surface area contributed by atoms with Gasteiger partial charge in [-0.05, 0) is 107 Å². The van der Waals surface area contributed by atoms with Gasteiger partial charge < -0.3 is 10.6 Å². The van der Waals surface area contributed by atoms with Gasteiger partial charge in [0.05, 0.1) is 4.90 Å². The molecule has 35 heavy (non-hydrogen) atoms. The summed E-state index contributed by atoms with van der Waals surface area (Å²) in [6.45, 7) is 6.40. The predicted molar refractivity (Wildman–Crippen MR) is 137 cm³/mol. The zero-order valence-electron chi connectivity index (χ0n) is 20.8. The molecule has 1 heterocycles. The number of carbonyl (C=O) groups is 2. The van der Waals surface area contributed by atoms with Crippen LogP contribution in [-0.4, -0.2) is 43.2 Å². The van der Waals surface area contributed by atoms with Crippen LogP contribution in [0.2, 0.25) is 0 Å². The lowest BCUT2D eigenvalue weighted by Gasteiger charge is -2.31. The van der Waals surface area contributed by atoms with Crippen LogP contribution in [0.3, 0.4) is 0 Å². The SMILES string of the molecule is CC(C)(C)NC(=O)c1ccc(NC(=O)C2CCN(S(=O)(=O)c3ccc4c(c3)CCCC4)CC2)cc1. The quantitative estimate of drug-likeness (QED) is 0.649.